The highest BCUT2D eigenvalue weighted by atomic mass is 19.3. The van der Waals surface area contributed by atoms with E-state index >= 15 is 0 Å². The number of nitrogens with one attached hydrogen (secondary N) is 2. The van der Waals surface area contributed by atoms with Crippen molar-refractivity contribution in [3.63, 3.8) is 0 Å². The van der Waals surface area contributed by atoms with Gasteiger partial charge in [0.1, 0.15) is 11.5 Å². The minimum absolute atomic E-state index is 0.0813. The van der Waals surface area contributed by atoms with Crippen molar-refractivity contribution < 1.29 is 23.0 Å². The van der Waals surface area contributed by atoms with Crippen molar-refractivity contribution in [3.8, 4) is 11.5 Å². The molecule has 0 saturated heterocycles. The van der Waals surface area contributed by atoms with Crippen LogP contribution in [0.25, 0.3) is 0 Å². The molecule has 0 amide bonds. The lowest BCUT2D eigenvalue weighted by Gasteiger charge is -2.19. The summed E-state index contributed by atoms with van der Waals surface area (Å²) in [7, 11) is 4.77. The fraction of sp³-hybridized carbons (Fsp3) is 0.350. The van der Waals surface area contributed by atoms with Crippen molar-refractivity contribution in [2.75, 3.05) is 27.8 Å². The van der Waals surface area contributed by atoms with Crippen LogP contribution in [0.3, 0.4) is 0 Å². The maximum absolute atomic E-state index is 12.6. The Morgan fingerprint density at radius 1 is 1.07 bits per heavy atom. The molecule has 0 radical (unpaired) electrons. The Morgan fingerprint density at radius 3 is 2.43 bits per heavy atom. The Bertz CT molecular complexity index is 758. The van der Waals surface area contributed by atoms with Gasteiger partial charge in [-0.1, -0.05) is 30.3 Å². The normalized spacial score (nSPS) is 12.6. The number of nitrogens with zero attached hydrogens (tertiary/aromatic N) is 1. The molecular weight excluding hydrogens is 368 g/mol. The van der Waals surface area contributed by atoms with Gasteiger partial charge >= 0.3 is 6.61 Å². The lowest BCUT2D eigenvalue weighted by Crippen LogP contribution is -2.39. The molecule has 1 atom stereocenters. The molecule has 28 heavy (non-hydrogen) atoms. The molecule has 0 fully saturated rings. The number of ether oxygens (including phenoxy) is 3. The van der Waals surface area contributed by atoms with Crippen LogP contribution < -0.4 is 20.1 Å². The molecule has 2 rings (SSSR count). The maximum atomic E-state index is 12.6. The van der Waals surface area contributed by atoms with Crippen LogP contribution in [0.2, 0.25) is 0 Å². The van der Waals surface area contributed by atoms with Crippen molar-refractivity contribution in [2.24, 2.45) is 4.99 Å². The minimum Gasteiger partial charge on any atom is -0.497 e. The van der Waals surface area contributed by atoms with Gasteiger partial charge in [0.15, 0.2) is 5.96 Å². The summed E-state index contributed by atoms with van der Waals surface area (Å²) >= 11 is 0. The number of guanidine groups is 1. The van der Waals surface area contributed by atoms with E-state index in [4.69, 9.17) is 9.47 Å². The summed E-state index contributed by atoms with van der Waals surface area (Å²) in [5, 5.41) is 6.26. The average Bonchev–Trinajstić information content (AvgIpc) is 2.72. The van der Waals surface area contributed by atoms with Crippen LogP contribution in [0.4, 0.5) is 8.78 Å². The van der Waals surface area contributed by atoms with Gasteiger partial charge in [0.2, 0.25) is 0 Å². The van der Waals surface area contributed by atoms with E-state index < -0.39 is 6.61 Å². The molecule has 0 saturated carbocycles. The molecular formula is C20H25F2N3O3. The fourth-order valence-electron chi connectivity index (χ4n) is 2.63. The molecule has 152 valence electrons. The molecule has 0 heterocycles. The number of benzene rings is 2. The Hall–Kier alpha value is -2.87. The van der Waals surface area contributed by atoms with E-state index in [-0.39, 0.29) is 18.4 Å². The van der Waals surface area contributed by atoms with E-state index in [0.29, 0.717) is 23.8 Å². The average molecular weight is 393 g/mol. The van der Waals surface area contributed by atoms with E-state index in [1.807, 2.05) is 30.3 Å². The monoisotopic (exact) mass is 393 g/mol. The number of halogens is 2. The van der Waals surface area contributed by atoms with Gasteiger partial charge in [0.05, 0.1) is 13.2 Å². The van der Waals surface area contributed by atoms with Crippen molar-refractivity contribution in [3.05, 3.63) is 59.7 Å². The van der Waals surface area contributed by atoms with E-state index in [1.165, 1.54) is 13.2 Å². The Morgan fingerprint density at radius 2 is 1.82 bits per heavy atom. The Balaban J connectivity index is 2.00. The summed E-state index contributed by atoms with van der Waals surface area (Å²) in [6.45, 7) is -2.20. The number of hydrogen-bond donors (Lipinski definition) is 2. The summed E-state index contributed by atoms with van der Waals surface area (Å²) in [4.78, 5) is 4.15. The Labute approximate surface area is 163 Å². The second-order valence-corrected chi connectivity index (χ2v) is 5.79. The van der Waals surface area contributed by atoms with Gasteiger partial charge in [-0.15, -0.1) is 0 Å². The third-order valence-electron chi connectivity index (χ3n) is 4.06. The summed E-state index contributed by atoms with van der Waals surface area (Å²) in [5.41, 5.74) is 1.56. The quantitative estimate of drug-likeness (QED) is 0.505. The summed E-state index contributed by atoms with van der Waals surface area (Å²) < 4.78 is 40.5. The van der Waals surface area contributed by atoms with Gasteiger partial charge in [0, 0.05) is 32.8 Å². The SMILES string of the molecule is CN=C(NCc1cc(OC)ccc1OC(F)F)NCC(OC)c1ccccc1. The number of methoxy groups -OCH3 is 2. The van der Waals surface area contributed by atoms with E-state index in [0.717, 1.165) is 5.56 Å². The largest absolute Gasteiger partial charge is 0.497 e. The predicted octanol–water partition coefficient (Wildman–Crippen LogP) is 3.35. The molecule has 0 bridgehead atoms. The van der Waals surface area contributed by atoms with Crippen molar-refractivity contribution in [2.45, 2.75) is 19.3 Å². The van der Waals surface area contributed by atoms with Crippen LogP contribution in [0.5, 0.6) is 11.5 Å². The lowest BCUT2D eigenvalue weighted by atomic mass is 10.1. The molecule has 6 nitrogen and oxygen atoms in total. The van der Waals surface area contributed by atoms with Gasteiger partial charge in [-0.3, -0.25) is 4.99 Å². The van der Waals surface area contributed by atoms with Crippen LogP contribution in [0, 0.1) is 0 Å². The van der Waals surface area contributed by atoms with Crippen molar-refractivity contribution in [1.82, 2.24) is 10.6 Å². The van der Waals surface area contributed by atoms with Crippen LogP contribution in [0.1, 0.15) is 17.2 Å². The van der Waals surface area contributed by atoms with Gasteiger partial charge in [0.25, 0.3) is 0 Å². The number of alkyl halides is 2. The van der Waals surface area contributed by atoms with Gasteiger partial charge in [-0.05, 0) is 23.8 Å². The Kier molecular flexibility index (Phi) is 8.48. The van der Waals surface area contributed by atoms with Crippen LogP contribution in [0.15, 0.2) is 53.5 Å². The van der Waals surface area contributed by atoms with Gasteiger partial charge in [-0.25, -0.2) is 0 Å². The highest BCUT2D eigenvalue weighted by molar-refractivity contribution is 5.79. The zero-order chi connectivity index (χ0) is 20.4. The highest BCUT2D eigenvalue weighted by Crippen LogP contribution is 2.25. The fourth-order valence-corrected chi connectivity index (χ4v) is 2.63. The molecule has 0 aliphatic carbocycles. The molecule has 2 aromatic carbocycles. The van der Waals surface area contributed by atoms with Crippen LogP contribution >= 0.6 is 0 Å². The summed E-state index contributed by atoms with van der Waals surface area (Å²) in [5.74, 6) is 1.13. The second-order valence-electron chi connectivity index (χ2n) is 5.79. The van der Waals surface area contributed by atoms with Crippen LogP contribution in [-0.2, 0) is 11.3 Å². The lowest BCUT2D eigenvalue weighted by molar-refractivity contribution is -0.0505. The first-order valence-electron chi connectivity index (χ1n) is 8.71. The van der Waals surface area contributed by atoms with E-state index in [2.05, 4.69) is 20.4 Å². The van der Waals surface area contributed by atoms with Crippen molar-refractivity contribution in [1.29, 1.82) is 0 Å². The molecule has 0 aromatic heterocycles. The molecule has 0 aliphatic rings. The molecule has 8 heteroatoms. The number of hydrogen-bond acceptors (Lipinski definition) is 4. The third kappa shape index (κ3) is 6.38. The molecule has 2 aromatic rings. The molecule has 2 N–H and O–H groups in total. The first kappa shape index (κ1) is 21.4. The minimum atomic E-state index is -2.90. The van der Waals surface area contributed by atoms with E-state index in [9.17, 15) is 8.78 Å². The standard InChI is InChI=1S/C20H25F2N3O3/c1-23-20(25-13-18(27-3)14-7-5-4-6-8-14)24-12-15-11-16(26-2)9-10-17(15)28-19(21)22/h4-11,18-19H,12-13H2,1-3H3,(H2,23,24,25). The topological polar surface area (TPSA) is 64.1 Å². The number of rotatable bonds is 9. The zero-order valence-electron chi connectivity index (χ0n) is 16.1. The first-order chi connectivity index (χ1) is 13.6. The summed E-state index contributed by atoms with van der Waals surface area (Å²) in [6, 6.07) is 14.5. The second kappa shape index (κ2) is 11.1. The van der Waals surface area contributed by atoms with Crippen molar-refractivity contribution >= 4 is 5.96 Å². The van der Waals surface area contributed by atoms with Gasteiger partial charge < -0.3 is 24.8 Å². The molecule has 1 unspecified atom stereocenters. The zero-order valence-corrected chi connectivity index (χ0v) is 16.1. The first-order valence-corrected chi connectivity index (χ1v) is 8.71. The highest BCUT2D eigenvalue weighted by Gasteiger charge is 2.13. The van der Waals surface area contributed by atoms with E-state index in [1.54, 1.807) is 26.3 Å². The molecule has 0 aliphatic heterocycles. The predicted molar refractivity (Wildman–Crippen MR) is 104 cm³/mol. The smallest absolute Gasteiger partial charge is 0.387 e. The van der Waals surface area contributed by atoms with Gasteiger partial charge in [-0.2, -0.15) is 8.78 Å². The third-order valence-corrected chi connectivity index (χ3v) is 4.06. The van der Waals surface area contributed by atoms with Crippen LogP contribution in [-0.4, -0.2) is 40.4 Å². The molecule has 0 spiro atoms. The maximum Gasteiger partial charge on any atom is 0.387 e. The number of aliphatic imine (C=N–C) groups is 1. The summed E-state index contributed by atoms with van der Waals surface area (Å²) in [6.07, 6.45) is -0.158.